The van der Waals surface area contributed by atoms with Crippen molar-refractivity contribution in [2.45, 2.75) is 0 Å². The Hall–Kier alpha value is -1.80. The Morgan fingerprint density at radius 1 is 0.611 bits per heavy atom. The second-order valence-electron chi connectivity index (χ2n) is 3.26. The van der Waals surface area contributed by atoms with E-state index in [1.807, 2.05) is 84.4 Å². The molecule has 0 N–H and O–H groups in total. The molecular formula is C16H17NS. The minimum atomic E-state index is 1.04. The largest absolute Gasteiger partial charge is 0.268 e. The van der Waals surface area contributed by atoms with Gasteiger partial charge in [0.05, 0.1) is 0 Å². The third kappa shape index (κ3) is 9.43. The van der Waals surface area contributed by atoms with E-state index in [4.69, 9.17) is 0 Å². The van der Waals surface area contributed by atoms with E-state index >= 15 is 0 Å². The molecule has 0 bridgehead atoms. The molecule has 2 aromatic rings. The van der Waals surface area contributed by atoms with E-state index in [0.29, 0.717) is 0 Å². The van der Waals surface area contributed by atoms with Crippen LogP contribution in [0.2, 0.25) is 0 Å². The van der Waals surface area contributed by atoms with Crippen LogP contribution in [0.1, 0.15) is 0 Å². The molecule has 18 heavy (non-hydrogen) atoms. The van der Waals surface area contributed by atoms with Crippen molar-refractivity contribution in [2.75, 3.05) is 5.75 Å². The van der Waals surface area contributed by atoms with Crippen LogP contribution < -0.4 is 0 Å². The fourth-order valence-corrected chi connectivity index (χ4v) is 1.49. The number of rotatable bonds is 0. The third-order valence-corrected chi connectivity index (χ3v) is 2.51. The standard InChI is InChI=1S/2C6H6.C4H5NS/c2*1-2-4-6-5-3-1;1-3-6-4-2-5-1/h2*1-6H;1-3H,4H2. The van der Waals surface area contributed by atoms with Crippen molar-refractivity contribution >= 4 is 18.0 Å². The SMILES string of the molecule is C1=CSCC=N1.c1ccccc1.c1ccccc1. The number of hydrogen-bond acceptors (Lipinski definition) is 2. The van der Waals surface area contributed by atoms with E-state index in [-0.39, 0.29) is 0 Å². The smallest absolute Gasteiger partial charge is 0.0330 e. The van der Waals surface area contributed by atoms with Gasteiger partial charge in [0.2, 0.25) is 0 Å². The molecule has 1 aliphatic heterocycles. The zero-order valence-corrected chi connectivity index (χ0v) is 11.0. The molecular weight excluding hydrogens is 238 g/mol. The van der Waals surface area contributed by atoms with E-state index in [0.717, 1.165) is 5.75 Å². The summed E-state index contributed by atoms with van der Waals surface area (Å²) >= 11 is 1.77. The second kappa shape index (κ2) is 11.7. The summed E-state index contributed by atoms with van der Waals surface area (Å²) in [6.45, 7) is 0. The highest BCUT2D eigenvalue weighted by Gasteiger charge is 1.78. The highest BCUT2D eigenvalue weighted by Crippen LogP contribution is 2.02. The summed E-state index contributed by atoms with van der Waals surface area (Å²) in [6.07, 6.45) is 3.69. The summed E-state index contributed by atoms with van der Waals surface area (Å²) in [4.78, 5) is 3.85. The maximum Gasteiger partial charge on any atom is 0.0330 e. The molecule has 0 unspecified atom stereocenters. The van der Waals surface area contributed by atoms with Gasteiger partial charge in [0, 0.05) is 18.2 Å². The van der Waals surface area contributed by atoms with Crippen molar-refractivity contribution < 1.29 is 0 Å². The van der Waals surface area contributed by atoms with E-state index in [1.165, 1.54) is 0 Å². The maximum absolute atomic E-state index is 3.85. The molecule has 0 radical (unpaired) electrons. The lowest BCUT2D eigenvalue weighted by molar-refractivity contribution is 1.59. The molecule has 92 valence electrons. The van der Waals surface area contributed by atoms with Crippen LogP contribution in [-0.4, -0.2) is 12.0 Å². The fraction of sp³-hybridized carbons (Fsp3) is 0.0625. The van der Waals surface area contributed by atoms with E-state index in [9.17, 15) is 0 Å². The normalized spacial score (nSPS) is 11.6. The Bertz CT molecular complexity index is 326. The minimum Gasteiger partial charge on any atom is -0.268 e. The first-order chi connectivity index (χ1) is 9.00. The molecule has 2 aromatic carbocycles. The molecule has 1 heterocycles. The number of benzene rings is 2. The summed E-state index contributed by atoms with van der Waals surface area (Å²) in [5.41, 5.74) is 0. The Labute approximate surface area is 113 Å². The average molecular weight is 255 g/mol. The van der Waals surface area contributed by atoms with E-state index in [2.05, 4.69) is 4.99 Å². The summed E-state index contributed by atoms with van der Waals surface area (Å²) in [5.74, 6) is 1.04. The van der Waals surface area contributed by atoms with Crippen LogP contribution in [0, 0.1) is 0 Å². The van der Waals surface area contributed by atoms with Crippen molar-refractivity contribution in [3.05, 3.63) is 84.4 Å². The van der Waals surface area contributed by atoms with Crippen molar-refractivity contribution in [2.24, 2.45) is 4.99 Å². The van der Waals surface area contributed by atoms with Crippen LogP contribution in [0.3, 0.4) is 0 Å². The second-order valence-corrected chi connectivity index (χ2v) is 4.20. The van der Waals surface area contributed by atoms with Gasteiger partial charge in [-0.2, -0.15) is 0 Å². The van der Waals surface area contributed by atoms with Gasteiger partial charge in [-0.05, 0) is 5.41 Å². The lowest BCUT2D eigenvalue weighted by atomic mass is 10.4. The minimum absolute atomic E-state index is 1.04. The summed E-state index contributed by atoms with van der Waals surface area (Å²) < 4.78 is 0. The van der Waals surface area contributed by atoms with Crippen molar-refractivity contribution in [3.63, 3.8) is 0 Å². The topological polar surface area (TPSA) is 12.4 Å². The first kappa shape index (κ1) is 14.3. The Morgan fingerprint density at radius 2 is 1.00 bits per heavy atom. The molecule has 0 fully saturated rings. The van der Waals surface area contributed by atoms with Crippen LogP contribution in [0.25, 0.3) is 0 Å². The third-order valence-electron chi connectivity index (χ3n) is 1.85. The summed E-state index contributed by atoms with van der Waals surface area (Å²) in [5, 5.41) is 1.99. The van der Waals surface area contributed by atoms with Gasteiger partial charge >= 0.3 is 0 Å². The first-order valence-corrected chi connectivity index (χ1v) is 6.83. The quantitative estimate of drug-likeness (QED) is 0.667. The van der Waals surface area contributed by atoms with Gasteiger partial charge in [0.25, 0.3) is 0 Å². The Morgan fingerprint density at radius 3 is 1.11 bits per heavy atom. The van der Waals surface area contributed by atoms with Crippen LogP contribution in [0.15, 0.2) is 89.4 Å². The van der Waals surface area contributed by atoms with Crippen molar-refractivity contribution in [1.29, 1.82) is 0 Å². The van der Waals surface area contributed by atoms with Crippen molar-refractivity contribution in [3.8, 4) is 0 Å². The van der Waals surface area contributed by atoms with Gasteiger partial charge in [0.1, 0.15) is 0 Å². The number of aliphatic imine (C=N–C) groups is 1. The van der Waals surface area contributed by atoms with Crippen LogP contribution in [0.5, 0.6) is 0 Å². The fourth-order valence-electron chi connectivity index (χ4n) is 1.05. The summed E-state index contributed by atoms with van der Waals surface area (Å²) in [6, 6.07) is 24.0. The number of nitrogens with zero attached hydrogens (tertiary/aromatic N) is 1. The predicted molar refractivity (Wildman–Crippen MR) is 83.0 cm³/mol. The lowest BCUT2D eigenvalue weighted by Gasteiger charge is -1.87. The van der Waals surface area contributed by atoms with E-state index < -0.39 is 0 Å². The van der Waals surface area contributed by atoms with E-state index in [1.54, 1.807) is 18.0 Å². The Balaban J connectivity index is 0.000000135. The van der Waals surface area contributed by atoms with Gasteiger partial charge < -0.3 is 0 Å². The first-order valence-electron chi connectivity index (χ1n) is 5.78. The van der Waals surface area contributed by atoms with Gasteiger partial charge in [-0.25, -0.2) is 0 Å². The molecule has 2 heteroatoms. The zero-order valence-electron chi connectivity index (χ0n) is 10.2. The van der Waals surface area contributed by atoms with Gasteiger partial charge in [-0.1, -0.05) is 72.8 Å². The molecule has 0 saturated carbocycles. The highest BCUT2D eigenvalue weighted by molar-refractivity contribution is 8.02. The summed E-state index contributed by atoms with van der Waals surface area (Å²) in [7, 11) is 0. The molecule has 3 rings (SSSR count). The van der Waals surface area contributed by atoms with Gasteiger partial charge in [-0.15, -0.1) is 11.8 Å². The molecule has 0 amide bonds. The molecule has 0 spiro atoms. The molecule has 1 nitrogen and oxygen atoms in total. The van der Waals surface area contributed by atoms with Gasteiger partial charge in [-0.3, -0.25) is 4.99 Å². The van der Waals surface area contributed by atoms with Crippen LogP contribution in [0.4, 0.5) is 0 Å². The van der Waals surface area contributed by atoms with Crippen LogP contribution in [-0.2, 0) is 0 Å². The molecule has 0 atom stereocenters. The predicted octanol–water partition coefficient (Wildman–Crippen LogP) is 4.65. The molecule has 0 aliphatic carbocycles. The molecule has 0 saturated heterocycles. The molecule has 1 aliphatic rings. The maximum atomic E-state index is 3.85. The van der Waals surface area contributed by atoms with Crippen LogP contribution >= 0.6 is 11.8 Å². The highest BCUT2D eigenvalue weighted by atomic mass is 32.2. The van der Waals surface area contributed by atoms with Crippen molar-refractivity contribution in [1.82, 2.24) is 0 Å². The monoisotopic (exact) mass is 255 g/mol. The number of thioether (sulfide) groups is 1. The molecule has 0 aromatic heterocycles. The Kier molecular flexibility index (Phi) is 9.25. The van der Waals surface area contributed by atoms with Gasteiger partial charge in [0.15, 0.2) is 0 Å². The average Bonchev–Trinajstić information content (AvgIpc) is 2.54. The zero-order chi connectivity index (χ0) is 12.7. The lowest BCUT2D eigenvalue weighted by Crippen LogP contribution is -1.77. The number of hydrogen-bond donors (Lipinski definition) is 0.